The van der Waals surface area contributed by atoms with Gasteiger partial charge in [0.2, 0.25) is 0 Å². The Bertz CT molecular complexity index is 1180. The molecule has 3 aromatic rings. The lowest BCUT2D eigenvalue weighted by Gasteiger charge is -2.17. The van der Waals surface area contributed by atoms with Gasteiger partial charge in [-0.25, -0.2) is 16.8 Å². The van der Waals surface area contributed by atoms with Crippen molar-refractivity contribution < 1.29 is 26.3 Å². The minimum absolute atomic E-state index is 0.0793. The van der Waals surface area contributed by atoms with E-state index < -0.39 is 18.1 Å². The summed E-state index contributed by atoms with van der Waals surface area (Å²) in [4.78, 5) is -0.159. The molecule has 0 bridgehead atoms. The number of fused-ring (bicyclic) bond motifs is 2. The number of rotatable bonds is 6. The van der Waals surface area contributed by atoms with E-state index in [1.807, 2.05) is 0 Å². The first-order chi connectivity index (χ1) is 13.1. The van der Waals surface area contributed by atoms with E-state index in [1.165, 1.54) is 24.3 Å². The Labute approximate surface area is 171 Å². The Morgan fingerprint density at radius 3 is 1.32 bits per heavy atom. The summed E-state index contributed by atoms with van der Waals surface area (Å²) in [6.45, 7) is 4.19. The molecule has 28 heavy (non-hydrogen) atoms. The normalized spacial score (nSPS) is 12.4. The minimum Gasteiger partial charge on any atom is -0.493 e. The van der Waals surface area contributed by atoms with Crippen molar-refractivity contribution >= 4 is 61.0 Å². The molecule has 0 fully saturated rings. The second-order valence-electron chi connectivity index (χ2n) is 5.81. The van der Waals surface area contributed by atoms with Crippen molar-refractivity contribution in [1.82, 2.24) is 0 Å². The van der Waals surface area contributed by atoms with Crippen molar-refractivity contribution in [3.8, 4) is 11.5 Å². The van der Waals surface area contributed by atoms with Gasteiger partial charge in [-0.3, -0.25) is 0 Å². The molecule has 0 aromatic heterocycles. The van der Waals surface area contributed by atoms with E-state index in [1.54, 1.807) is 26.0 Å². The van der Waals surface area contributed by atoms with Crippen molar-refractivity contribution in [1.29, 1.82) is 0 Å². The molecule has 0 aliphatic heterocycles. The second-order valence-corrected chi connectivity index (χ2v) is 10.9. The van der Waals surface area contributed by atoms with Crippen molar-refractivity contribution in [3.05, 3.63) is 36.4 Å². The molecule has 0 spiro atoms. The highest BCUT2D eigenvalue weighted by atomic mass is 35.7. The summed E-state index contributed by atoms with van der Waals surface area (Å²) in [5.41, 5.74) is 0. The van der Waals surface area contributed by atoms with E-state index >= 15 is 0 Å². The molecular formula is C18H16Cl2O6S2. The second kappa shape index (κ2) is 7.59. The van der Waals surface area contributed by atoms with E-state index in [4.69, 9.17) is 30.8 Å². The number of hydrogen-bond acceptors (Lipinski definition) is 6. The van der Waals surface area contributed by atoms with Gasteiger partial charge in [0.1, 0.15) is 11.5 Å². The fourth-order valence-corrected chi connectivity index (χ4v) is 4.57. The van der Waals surface area contributed by atoms with Crippen LogP contribution in [0.1, 0.15) is 13.8 Å². The van der Waals surface area contributed by atoms with Crippen molar-refractivity contribution in [2.75, 3.05) is 13.2 Å². The van der Waals surface area contributed by atoms with Gasteiger partial charge in [0.05, 0.1) is 23.0 Å². The lowest BCUT2D eigenvalue weighted by atomic mass is 10.0. The van der Waals surface area contributed by atoms with Gasteiger partial charge in [0.25, 0.3) is 18.1 Å². The Balaban J connectivity index is 2.54. The van der Waals surface area contributed by atoms with Crippen LogP contribution in [0.4, 0.5) is 0 Å². The molecule has 0 heterocycles. The first kappa shape index (κ1) is 21.0. The van der Waals surface area contributed by atoms with E-state index in [9.17, 15) is 16.8 Å². The van der Waals surface area contributed by atoms with E-state index in [0.717, 1.165) is 0 Å². The van der Waals surface area contributed by atoms with Crippen LogP contribution in [-0.4, -0.2) is 30.0 Å². The average molecular weight is 463 g/mol. The van der Waals surface area contributed by atoms with Crippen molar-refractivity contribution in [2.45, 2.75) is 23.6 Å². The smallest absolute Gasteiger partial charge is 0.261 e. The SMILES string of the molecule is CCOc1c2ccc(S(=O)(=O)Cl)cc2c(OCC)c2ccc(S(=O)(=O)Cl)cc12. The predicted octanol–water partition coefficient (Wildman–Crippen LogP) is 4.65. The third-order valence-electron chi connectivity index (χ3n) is 4.10. The molecule has 3 rings (SSSR count). The van der Waals surface area contributed by atoms with Gasteiger partial charge in [0, 0.05) is 42.9 Å². The molecule has 0 saturated carbocycles. The lowest BCUT2D eigenvalue weighted by molar-refractivity contribution is 0.342. The molecule has 150 valence electrons. The molecule has 0 saturated heterocycles. The topological polar surface area (TPSA) is 86.7 Å². The first-order valence-electron chi connectivity index (χ1n) is 8.26. The Morgan fingerprint density at radius 1 is 0.679 bits per heavy atom. The van der Waals surface area contributed by atoms with E-state index in [2.05, 4.69) is 0 Å². The Hall–Kier alpha value is -1.74. The highest BCUT2D eigenvalue weighted by molar-refractivity contribution is 8.14. The van der Waals surface area contributed by atoms with Crippen LogP contribution in [0.3, 0.4) is 0 Å². The van der Waals surface area contributed by atoms with Gasteiger partial charge in [0.15, 0.2) is 0 Å². The van der Waals surface area contributed by atoms with Gasteiger partial charge in [-0.05, 0) is 50.2 Å². The predicted molar refractivity (Wildman–Crippen MR) is 110 cm³/mol. The van der Waals surface area contributed by atoms with Gasteiger partial charge in [-0.15, -0.1) is 0 Å². The van der Waals surface area contributed by atoms with Gasteiger partial charge in [-0.1, -0.05) is 0 Å². The van der Waals surface area contributed by atoms with Crippen LogP contribution in [0, 0.1) is 0 Å². The largest absolute Gasteiger partial charge is 0.493 e. The lowest BCUT2D eigenvalue weighted by Crippen LogP contribution is -2.01. The van der Waals surface area contributed by atoms with Crippen molar-refractivity contribution in [2.24, 2.45) is 0 Å². The van der Waals surface area contributed by atoms with Gasteiger partial charge in [-0.2, -0.15) is 0 Å². The monoisotopic (exact) mass is 462 g/mol. The molecule has 0 amide bonds. The van der Waals surface area contributed by atoms with Crippen LogP contribution < -0.4 is 9.47 Å². The molecule has 0 unspecified atom stereocenters. The number of ether oxygens (including phenoxy) is 2. The summed E-state index contributed by atoms with van der Waals surface area (Å²) >= 11 is 0. The zero-order valence-electron chi connectivity index (χ0n) is 14.9. The number of hydrogen-bond donors (Lipinski definition) is 0. The van der Waals surface area contributed by atoms with Gasteiger partial charge < -0.3 is 9.47 Å². The molecule has 0 atom stereocenters. The maximum Gasteiger partial charge on any atom is 0.261 e. The number of halogens is 2. The first-order valence-corrected chi connectivity index (χ1v) is 12.9. The average Bonchev–Trinajstić information content (AvgIpc) is 2.62. The van der Waals surface area contributed by atoms with Crippen LogP contribution >= 0.6 is 21.4 Å². The quantitative estimate of drug-likeness (QED) is 0.391. The summed E-state index contributed by atoms with van der Waals surface area (Å²) in [6.07, 6.45) is 0. The zero-order valence-corrected chi connectivity index (χ0v) is 18.0. The summed E-state index contributed by atoms with van der Waals surface area (Å²) in [6, 6.07) is 8.65. The Kier molecular flexibility index (Phi) is 5.69. The number of benzene rings is 3. The summed E-state index contributed by atoms with van der Waals surface area (Å²) in [5, 5.41) is 2.10. The molecule has 10 heteroatoms. The van der Waals surface area contributed by atoms with Gasteiger partial charge >= 0.3 is 0 Å². The fraction of sp³-hybridized carbons (Fsp3) is 0.222. The summed E-state index contributed by atoms with van der Waals surface area (Å²) in [7, 11) is 3.09. The van der Waals surface area contributed by atoms with Crippen LogP contribution in [0.2, 0.25) is 0 Å². The maximum atomic E-state index is 11.8. The summed E-state index contributed by atoms with van der Waals surface area (Å²) in [5.74, 6) is 0.799. The highest BCUT2D eigenvalue weighted by Crippen LogP contribution is 2.44. The van der Waals surface area contributed by atoms with Crippen molar-refractivity contribution in [3.63, 3.8) is 0 Å². The maximum absolute atomic E-state index is 11.8. The minimum atomic E-state index is -3.95. The summed E-state index contributed by atoms with van der Waals surface area (Å²) < 4.78 is 58.7. The molecule has 6 nitrogen and oxygen atoms in total. The standard InChI is InChI=1S/C18H16Cl2O6S2/c1-3-25-17-13-7-5-12(28(20,23)24)10-16(13)18(26-4-2)14-8-6-11(9-15(14)17)27(19,21)22/h5-10H,3-4H2,1-2H3. The fourth-order valence-electron chi connectivity index (χ4n) is 3.01. The molecule has 3 aromatic carbocycles. The zero-order chi connectivity index (χ0) is 20.7. The molecule has 0 N–H and O–H groups in total. The third-order valence-corrected chi connectivity index (χ3v) is 6.80. The van der Waals surface area contributed by atoms with Crippen LogP contribution in [0.5, 0.6) is 11.5 Å². The highest BCUT2D eigenvalue weighted by Gasteiger charge is 2.21. The molecule has 0 aliphatic rings. The Morgan fingerprint density at radius 2 is 1.04 bits per heavy atom. The molecule has 0 aliphatic carbocycles. The van der Waals surface area contributed by atoms with E-state index in [0.29, 0.717) is 46.3 Å². The van der Waals surface area contributed by atoms with Crippen LogP contribution in [0.25, 0.3) is 21.5 Å². The molecule has 0 radical (unpaired) electrons. The van der Waals surface area contributed by atoms with Crippen LogP contribution in [-0.2, 0) is 18.1 Å². The van der Waals surface area contributed by atoms with E-state index in [-0.39, 0.29) is 9.79 Å². The van der Waals surface area contributed by atoms with Crippen LogP contribution in [0.15, 0.2) is 46.2 Å². The molecular weight excluding hydrogens is 447 g/mol. The third kappa shape index (κ3) is 3.87.